The zero-order valence-corrected chi connectivity index (χ0v) is 17.8. The van der Waals surface area contributed by atoms with Crippen LogP contribution in [0.5, 0.6) is 0 Å². The Morgan fingerprint density at radius 2 is 1.72 bits per heavy atom. The van der Waals surface area contributed by atoms with Crippen LogP contribution in [0.2, 0.25) is 0 Å². The van der Waals surface area contributed by atoms with E-state index in [2.05, 4.69) is 9.98 Å². The summed E-state index contributed by atoms with van der Waals surface area (Å²) >= 11 is 0. The molecule has 2 aliphatic rings. The van der Waals surface area contributed by atoms with Crippen LogP contribution in [0.25, 0.3) is 0 Å². The Kier molecular flexibility index (Phi) is 5.78. The van der Waals surface area contributed by atoms with Crippen molar-refractivity contribution in [1.82, 2.24) is 4.90 Å². The summed E-state index contributed by atoms with van der Waals surface area (Å²) in [6.07, 6.45) is -10.8. The quantitative estimate of drug-likeness (QED) is 0.469. The number of dihydropyridines is 1. The van der Waals surface area contributed by atoms with Gasteiger partial charge in [-0.15, -0.1) is 0 Å². The first-order valence-electron chi connectivity index (χ1n) is 8.67. The van der Waals surface area contributed by atoms with Crippen molar-refractivity contribution in [1.29, 1.82) is 0 Å². The number of nitrogens with zero attached hydrogens (tertiary/aromatic N) is 3. The SMILES string of the molecule is CCS(=O)(=O)c1cc(C(F)(F)F)ccc1C1N=C2C=C(C(F)(F)F)C(=S(=O)=O)N=C2N1C. The van der Waals surface area contributed by atoms with Crippen molar-refractivity contribution in [2.75, 3.05) is 12.8 Å². The van der Waals surface area contributed by atoms with Crippen LogP contribution in [-0.4, -0.2) is 57.2 Å². The Bertz CT molecular complexity index is 1310. The minimum Gasteiger partial charge on any atom is -0.332 e. The summed E-state index contributed by atoms with van der Waals surface area (Å²) in [7, 11) is -6.30. The average molecular weight is 501 g/mol. The van der Waals surface area contributed by atoms with E-state index < -0.39 is 71.1 Å². The second-order valence-corrected chi connectivity index (χ2v) is 9.79. The van der Waals surface area contributed by atoms with E-state index in [-0.39, 0.29) is 11.4 Å². The lowest BCUT2D eigenvalue weighted by molar-refractivity contribution is -0.137. The van der Waals surface area contributed by atoms with E-state index in [1.807, 2.05) is 0 Å². The molecule has 1 aromatic carbocycles. The number of hydrogen-bond acceptors (Lipinski definition) is 6. The highest BCUT2D eigenvalue weighted by Gasteiger charge is 2.44. The van der Waals surface area contributed by atoms with Crippen LogP contribution in [0.15, 0.2) is 44.7 Å². The van der Waals surface area contributed by atoms with Crippen molar-refractivity contribution in [2.45, 2.75) is 30.3 Å². The maximum Gasteiger partial charge on any atom is 0.419 e. The number of aliphatic imine (C=N–C) groups is 2. The molecule has 0 saturated carbocycles. The molecular weight excluding hydrogens is 488 g/mol. The van der Waals surface area contributed by atoms with Gasteiger partial charge in [-0.2, -0.15) is 34.8 Å². The van der Waals surface area contributed by atoms with Gasteiger partial charge in [0.25, 0.3) is 0 Å². The van der Waals surface area contributed by atoms with E-state index in [1.54, 1.807) is 0 Å². The van der Waals surface area contributed by atoms with Crippen molar-refractivity contribution in [3.05, 3.63) is 41.0 Å². The lowest BCUT2D eigenvalue weighted by atomic mass is 10.1. The van der Waals surface area contributed by atoms with Gasteiger partial charge in [0.15, 0.2) is 20.7 Å². The van der Waals surface area contributed by atoms with E-state index in [0.717, 1.165) is 11.0 Å². The summed E-state index contributed by atoms with van der Waals surface area (Å²) < 4.78 is 127. The second-order valence-electron chi connectivity index (χ2n) is 6.68. The van der Waals surface area contributed by atoms with Crippen LogP contribution in [0, 0.1) is 0 Å². The number of sulfone groups is 1. The van der Waals surface area contributed by atoms with Gasteiger partial charge in [0.1, 0.15) is 11.9 Å². The molecule has 3 rings (SSSR count). The highest BCUT2D eigenvalue weighted by atomic mass is 32.2. The smallest absolute Gasteiger partial charge is 0.332 e. The van der Waals surface area contributed by atoms with Crippen LogP contribution >= 0.6 is 0 Å². The molecule has 0 bridgehead atoms. The van der Waals surface area contributed by atoms with E-state index in [1.165, 1.54) is 14.0 Å². The van der Waals surface area contributed by atoms with Gasteiger partial charge in [0, 0.05) is 12.6 Å². The Hall–Kier alpha value is -2.68. The molecule has 0 N–H and O–H groups in total. The molecule has 2 heterocycles. The Morgan fingerprint density at radius 3 is 2.22 bits per heavy atom. The third-order valence-electron chi connectivity index (χ3n) is 4.71. The number of benzene rings is 1. The van der Waals surface area contributed by atoms with Crippen LogP contribution in [0.1, 0.15) is 24.2 Å². The lowest BCUT2D eigenvalue weighted by Crippen LogP contribution is -2.34. The second kappa shape index (κ2) is 7.72. The Labute approximate surface area is 179 Å². The number of amidine groups is 1. The van der Waals surface area contributed by atoms with Gasteiger partial charge in [0.2, 0.25) is 10.3 Å². The van der Waals surface area contributed by atoms with Crippen LogP contribution in [-0.2, 0) is 26.3 Å². The molecular formula is C17H13F6N3O4S2. The van der Waals surface area contributed by atoms with E-state index in [9.17, 15) is 43.2 Å². The molecule has 1 atom stereocenters. The molecule has 1 aromatic rings. The van der Waals surface area contributed by atoms with Crippen molar-refractivity contribution in [3.63, 3.8) is 0 Å². The number of halogens is 6. The van der Waals surface area contributed by atoms with Crippen molar-refractivity contribution >= 4 is 36.7 Å². The summed E-state index contributed by atoms with van der Waals surface area (Å²) in [4.78, 5) is 6.62. The molecule has 0 amide bonds. The highest BCUT2D eigenvalue weighted by molar-refractivity contribution is 7.91. The highest BCUT2D eigenvalue weighted by Crippen LogP contribution is 2.39. The molecule has 0 aliphatic carbocycles. The zero-order valence-electron chi connectivity index (χ0n) is 16.2. The maximum absolute atomic E-state index is 13.3. The van der Waals surface area contributed by atoms with Gasteiger partial charge >= 0.3 is 12.4 Å². The predicted octanol–water partition coefficient (Wildman–Crippen LogP) is 2.79. The minimum absolute atomic E-state index is 0.223. The fraction of sp³-hybridized carbons (Fsp3) is 0.353. The normalized spacial score (nSPS) is 19.4. The third-order valence-corrected chi connectivity index (χ3v) is 7.12. The van der Waals surface area contributed by atoms with Gasteiger partial charge < -0.3 is 4.90 Å². The molecule has 0 aromatic heterocycles. The Balaban J connectivity index is 2.24. The molecule has 174 valence electrons. The van der Waals surface area contributed by atoms with Crippen molar-refractivity contribution < 1.29 is 43.2 Å². The molecule has 7 nitrogen and oxygen atoms in total. The average Bonchev–Trinajstić information content (AvgIpc) is 3.01. The lowest BCUT2D eigenvalue weighted by Gasteiger charge is -2.24. The van der Waals surface area contributed by atoms with Gasteiger partial charge in [-0.1, -0.05) is 13.0 Å². The number of rotatable bonds is 3. The van der Waals surface area contributed by atoms with E-state index >= 15 is 0 Å². The molecule has 0 saturated heterocycles. The van der Waals surface area contributed by atoms with Gasteiger partial charge in [0.05, 0.1) is 21.8 Å². The van der Waals surface area contributed by atoms with Gasteiger partial charge in [-0.3, -0.25) is 4.99 Å². The standard InChI is InChI=1S/C17H13F6N3O4S2/c1-3-32(29,30)12-6-8(16(18,19)20)4-5-9(12)13-24-11-7-10(17(21,22)23)15(31(27)28)25-14(11)26(13)2/h4-7,13H,3H2,1-2H3. The largest absolute Gasteiger partial charge is 0.419 e. The van der Waals surface area contributed by atoms with Gasteiger partial charge in [-0.25, -0.2) is 13.4 Å². The molecule has 32 heavy (non-hydrogen) atoms. The summed E-state index contributed by atoms with van der Waals surface area (Å²) in [6.45, 7) is 1.22. The summed E-state index contributed by atoms with van der Waals surface area (Å²) in [5.74, 6) is -0.845. The third kappa shape index (κ3) is 4.18. The first kappa shape index (κ1) is 24.0. The maximum atomic E-state index is 13.3. The van der Waals surface area contributed by atoms with E-state index in [4.69, 9.17) is 0 Å². The Morgan fingerprint density at radius 1 is 1.09 bits per heavy atom. The van der Waals surface area contributed by atoms with Crippen molar-refractivity contribution in [3.8, 4) is 0 Å². The first-order valence-corrected chi connectivity index (χ1v) is 11.4. The van der Waals surface area contributed by atoms with Crippen LogP contribution in [0.3, 0.4) is 0 Å². The monoisotopic (exact) mass is 501 g/mol. The zero-order chi connectivity index (χ0) is 24.2. The fourth-order valence-electron chi connectivity index (χ4n) is 3.12. The molecule has 15 heteroatoms. The molecule has 0 fully saturated rings. The van der Waals surface area contributed by atoms with Crippen molar-refractivity contribution in [2.24, 2.45) is 9.98 Å². The topological polar surface area (TPSA) is 96.2 Å². The van der Waals surface area contributed by atoms with E-state index in [0.29, 0.717) is 18.2 Å². The summed E-state index contributed by atoms with van der Waals surface area (Å²) in [6, 6.07) is 1.94. The molecule has 0 spiro atoms. The number of alkyl halides is 6. The number of fused-ring (bicyclic) bond motifs is 1. The summed E-state index contributed by atoms with van der Waals surface area (Å²) in [5.41, 5.74) is -3.42. The van der Waals surface area contributed by atoms with Gasteiger partial charge in [-0.05, 0) is 18.2 Å². The number of hydrogen-bond donors (Lipinski definition) is 0. The minimum atomic E-state index is -5.07. The summed E-state index contributed by atoms with van der Waals surface area (Å²) in [5, 5.41) is 0. The van der Waals surface area contributed by atoms with Crippen LogP contribution < -0.4 is 0 Å². The molecule has 2 aliphatic heterocycles. The predicted molar refractivity (Wildman–Crippen MR) is 103 cm³/mol. The first-order chi connectivity index (χ1) is 14.6. The molecule has 1 unspecified atom stereocenters. The van der Waals surface area contributed by atoms with Crippen LogP contribution in [0.4, 0.5) is 26.3 Å². The molecule has 0 radical (unpaired) electrons. The fourth-order valence-corrected chi connectivity index (χ4v) is 4.79.